The minimum Gasteiger partial charge on any atom is -0.314 e. The largest absolute Gasteiger partial charge is 0.314 e. The van der Waals surface area contributed by atoms with Gasteiger partial charge in [0.25, 0.3) is 0 Å². The third-order valence-corrected chi connectivity index (χ3v) is 3.60. The van der Waals surface area contributed by atoms with Gasteiger partial charge in [-0.2, -0.15) is 0 Å². The number of aromatic nitrogens is 2. The summed E-state index contributed by atoms with van der Waals surface area (Å²) in [6.45, 7) is 3.06. The molecule has 1 aromatic carbocycles. The highest BCUT2D eigenvalue weighted by Crippen LogP contribution is 2.37. The molecule has 0 N–H and O–H groups in total. The van der Waals surface area contributed by atoms with Gasteiger partial charge in [0.05, 0.1) is 17.6 Å². The number of hydrogen-bond donors (Lipinski definition) is 0. The van der Waals surface area contributed by atoms with Crippen molar-refractivity contribution in [3.63, 3.8) is 0 Å². The van der Waals surface area contributed by atoms with Gasteiger partial charge in [-0.05, 0) is 19.1 Å². The number of rotatable bonds is 0. The maximum absolute atomic E-state index is 4.58. The molecule has 2 aromatic rings. The third kappa shape index (κ3) is 1.02. The highest BCUT2D eigenvalue weighted by molar-refractivity contribution is 8.03. The molecule has 3 rings (SSSR count). The summed E-state index contributed by atoms with van der Waals surface area (Å²) in [7, 11) is 0. The maximum Gasteiger partial charge on any atom is 0.174 e. The van der Waals surface area contributed by atoms with E-state index in [-0.39, 0.29) is 0 Å². The Labute approximate surface area is 86.6 Å². The maximum atomic E-state index is 4.58. The lowest BCUT2D eigenvalue weighted by molar-refractivity contribution is 0.768. The lowest BCUT2D eigenvalue weighted by Crippen LogP contribution is -1.91. The van der Waals surface area contributed by atoms with Gasteiger partial charge < -0.3 is 4.57 Å². The van der Waals surface area contributed by atoms with Crippen molar-refractivity contribution >= 4 is 22.8 Å². The zero-order valence-corrected chi connectivity index (χ0v) is 8.71. The van der Waals surface area contributed by atoms with Crippen LogP contribution >= 0.6 is 11.8 Å². The molecule has 0 fully saturated rings. The quantitative estimate of drug-likeness (QED) is 0.653. The van der Waals surface area contributed by atoms with Crippen LogP contribution in [0.1, 0.15) is 6.92 Å². The van der Waals surface area contributed by atoms with Crippen LogP contribution in [-0.4, -0.2) is 9.55 Å². The topological polar surface area (TPSA) is 17.8 Å². The molecule has 0 saturated carbocycles. The molecule has 1 aromatic heterocycles. The third-order valence-electron chi connectivity index (χ3n) is 2.48. The number of nitrogens with zero attached hydrogens (tertiary/aromatic N) is 2. The van der Waals surface area contributed by atoms with Crippen molar-refractivity contribution in [2.24, 2.45) is 0 Å². The van der Waals surface area contributed by atoms with Gasteiger partial charge in [0.2, 0.25) is 0 Å². The van der Waals surface area contributed by atoms with Crippen LogP contribution in [0.2, 0.25) is 0 Å². The van der Waals surface area contributed by atoms with Crippen molar-refractivity contribution in [1.29, 1.82) is 0 Å². The van der Waals surface area contributed by atoms with Crippen molar-refractivity contribution < 1.29 is 0 Å². The number of allylic oxidation sites excluding steroid dienone is 2. The minimum atomic E-state index is 0.983. The highest BCUT2D eigenvalue weighted by Gasteiger charge is 2.19. The average Bonchev–Trinajstić information content (AvgIpc) is 2.73. The summed E-state index contributed by atoms with van der Waals surface area (Å²) in [4.78, 5) is 5.96. The second-order valence-electron chi connectivity index (χ2n) is 3.33. The molecular formula is C11H10N2S. The van der Waals surface area contributed by atoms with Gasteiger partial charge in [-0.15, -0.1) is 0 Å². The van der Waals surface area contributed by atoms with E-state index in [0.29, 0.717) is 0 Å². The van der Waals surface area contributed by atoms with Crippen LogP contribution in [-0.2, 0) is 6.54 Å². The second-order valence-corrected chi connectivity index (χ2v) is 4.42. The zero-order chi connectivity index (χ0) is 9.54. The van der Waals surface area contributed by atoms with Gasteiger partial charge in [-0.3, -0.25) is 0 Å². The lowest BCUT2D eigenvalue weighted by atomic mass is 10.3. The van der Waals surface area contributed by atoms with Crippen LogP contribution in [0.3, 0.4) is 0 Å². The van der Waals surface area contributed by atoms with Crippen molar-refractivity contribution in [2.75, 3.05) is 0 Å². The molecule has 2 heterocycles. The summed E-state index contributed by atoms with van der Waals surface area (Å²) in [6, 6.07) is 8.30. The second kappa shape index (κ2) is 2.89. The van der Waals surface area contributed by atoms with Gasteiger partial charge >= 0.3 is 0 Å². The number of imidazole rings is 1. The van der Waals surface area contributed by atoms with Crippen molar-refractivity contribution in [2.45, 2.75) is 18.6 Å². The van der Waals surface area contributed by atoms with Crippen LogP contribution in [0.25, 0.3) is 11.0 Å². The molecule has 0 radical (unpaired) electrons. The SMILES string of the molecule is C/C=C1/Cn2c(nc3ccccc32)S1. The molecule has 70 valence electrons. The number of para-hydroxylation sites is 2. The molecule has 0 atom stereocenters. The standard InChI is InChI=1S/C11H10N2S/c1-2-8-7-13-10-6-4-3-5-9(10)12-11(13)14-8/h2-6H,7H2,1H3/b8-2-. The monoisotopic (exact) mass is 202 g/mol. The van der Waals surface area contributed by atoms with Crippen molar-refractivity contribution in [1.82, 2.24) is 9.55 Å². The summed E-state index contributed by atoms with van der Waals surface area (Å²) >= 11 is 1.77. The first-order valence-electron chi connectivity index (χ1n) is 4.67. The Balaban J connectivity index is 2.25. The minimum absolute atomic E-state index is 0.983. The zero-order valence-electron chi connectivity index (χ0n) is 7.90. The number of hydrogen-bond acceptors (Lipinski definition) is 2. The van der Waals surface area contributed by atoms with Crippen LogP contribution in [0.5, 0.6) is 0 Å². The van der Waals surface area contributed by atoms with E-state index in [2.05, 4.69) is 40.7 Å². The van der Waals surface area contributed by atoms with Gasteiger partial charge in [0.1, 0.15) is 0 Å². The molecule has 0 saturated heterocycles. The number of fused-ring (bicyclic) bond motifs is 3. The van der Waals surface area contributed by atoms with Crippen molar-refractivity contribution in [3.8, 4) is 0 Å². The molecule has 2 nitrogen and oxygen atoms in total. The fraction of sp³-hybridized carbons (Fsp3) is 0.182. The molecule has 3 heteroatoms. The molecule has 14 heavy (non-hydrogen) atoms. The predicted molar refractivity (Wildman–Crippen MR) is 59.3 cm³/mol. The molecule has 0 amide bonds. The van der Waals surface area contributed by atoms with E-state index in [1.807, 2.05) is 6.07 Å². The Morgan fingerprint density at radius 1 is 1.43 bits per heavy atom. The molecule has 0 spiro atoms. The van der Waals surface area contributed by atoms with E-state index >= 15 is 0 Å². The van der Waals surface area contributed by atoms with Crippen LogP contribution in [0.4, 0.5) is 0 Å². The van der Waals surface area contributed by atoms with E-state index < -0.39 is 0 Å². The van der Waals surface area contributed by atoms with E-state index in [4.69, 9.17) is 0 Å². The van der Waals surface area contributed by atoms with Crippen LogP contribution in [0.15, 0.2) is 40.4 Å². The summed E-state index contributed by atoms with van der Waals surface area (Å²) in [5.41, 5.74) is 2.34. The number of benzene rings is 1. The van der Waals surface area contributed by atoms with Crippen LogP contribution in [0, 0.1) is 0 Å². The first-order chi connectivity index (χ1) is 6.88. The average molecular weight is 202 g/mol. The van der Waals surface area contributed by atoms with Gasteiger partial charge in [0, 0.05) is 4.91 Å². The fourth-order valence-corrected chi connectivity index (χ4v) is 2.70. The van der Waals surface area contributed by atoms with E-state index in [1.165, 1.54) is 10.4 Å². The molecule has 1 aliphatic heterocycles. The van der Waals surface area contributed by atoms with Gasteiger partial charge in [-0.25, -0.2) is 4.98 Å². The Kier molecular flexibility index (Phi) is 1.67. The first-order valence-corrected chi connectivity index (χ1v) is 5.48. The lowest BCUT2D eigenvalue weighted by Gasteiger charge is -1.96. The Morgan fingerprint density at radius 3 is 3.14 bits per heavy atom. The molecule has 0 bridgehead atoms. The highest BCUT2D eigenvalue weighted by atomic mass is 32.2. The van der Waals surface area contributed by atoms with Gasteiger partial charge in [0.15, 0.2) is 5.16 Å². The molecule has 1 aliphatic rings. The first kappa shape index (κ1) is 8.12. The van der Waals surface area contributed by atoms with E-state index in [1.54, 1.807) is 11.8 Å². The Hall–Kier alpha value is -1.22. The van der Waals surface area contributed by atoms with E-state index in [9.17, 15) is 0 Å². The van der Waals surface area contributed by atoms with E-state index in [0.717, 1.165) is 17.2 Å². The van der Waals surface area contributed by atoms with Crippen LogP contribution < -0.4 is 0 Å². The van der Waals surface area contributed by atoms with Crippen molar-refractivity contribution in [3.05, 3.63) is 35.2 Å². The smallest absolute Gasteiger partial charge is 0.174 e. The normalized spacial score (nSPS) is 17.9. The fourth-order valence-electron chi connectivity index (χ4n) is 1.74. The summed E-state index contributed by atoms with van der Waals surface area (Å²) in [6.07, 6.45) is 2.16. The predicted octanol–water partition coefficient (Wildman–Crippen LogP) is 3.05. The number of thioether (sulfide) groups is 1. The summed E-state index contributed by atoms with van der Waals surface area (Å²) in [5.74, 6) is 0. The Bertz CT molecular complexity index is 525. The summed E-state index contributed by atoms with van der Waals surface area (Å²) < 4.78 is 2.27. The summed E-state index contributed by atoms with van der Waals surface area (Å²) in [5, 5.41) is 1.12. The molecular weight excluding hydrogens is 192 g/mol. The molecule has 0 unspecified atom stereocenters. The molecule has 0 aliphatic carbocycles. The Morgan fingerprint density at radius 2 is 2.29 bits per heavy atom. The van der Waals surface area contributed by atoms with Gasteiger partial charge in [-0.1, -0.05) is 30.0 Å².